The quantitative estimate of drug-likeness (QED) is 0.841. The molecular weight excluding hydrogens is 250 g/mol. The maximum atomic E-state index is 9.07. The van der Waals surface area contributed by atoms with E-state index < -0.39 is 0 Å². The monoisotopic (exact) mass is 279 g/mol. The van der Waals surface area contributed by atoms with Crippen molar-refractivity contribution in [1.82, 2.24) is 15.1 Å². The van der Waals surface area contributed by atoms with Crippen molar-refractivity contribution in [1.29, 1.82) is 0 Å². The Kier molecular flexibility index (Phi) is 5.61. The molecule has 0 saturated heterocycles. The largest absolute Gasteiger partial charge is 0.394 e. The van der Waals surface area contributed by atoms with Crippen LogP contribution in [-0.2, 0) is 13.1 Å². The van der Waals surface area contributed by atoms with Crippen LogP contribution < -0.4 is 5.32 Å². The number of aromatic nitrogens is 2. The van der Waals surface area contributed by atoms with E-state index in [0.717, 1.165) is 18.2 Å². The molecule has 1 aromatic rings. The third-order valence-corrected chi connectivity index (χ3v) is 4.82. The Labute approximate surface area is 122 Å². The average molecular weight is 279 g/mol. The Balaban J connectivity index is 1.99. The summed E-state index contributed by atoms with van der Waals surface area (Å²) in [5.74, 6) is 0.830. The molecule has 1 saturated carbocycles. The lowest BCUT2D eigenvalue weighted by molar-refractivity contribution is 0.254. The molecule has 1 heterocycles. The Morgan fingerprint density at radius 1 is 1.30 bits per heavy atom. The molecule has 2 atom stereocenters. The number of aliphatic hydroxyl groups excluding tert-OH is 1. The standard InChI is InChI=1S/C16H29N3O/c1-4-14-7-5-6-8-16(14)17-11-15-12(2)18-19(9-10-20)13(15)3/h14,16-17,20H,4-11H2,1-3H3. The van der Waals surface area contributed by atoms with E-state index in [0.29, 0.717) is 12.6 Å². The van der Waals surface area contributed by atoms with Gasteiger partial charge in [-0.05, 0) is 32.6 Å². The SMILES string of the molecule is CCC1CCCCC1NCc1c(C)nn(CCO)c1C. The highest BCUT2D eigenvalue weighted by atomic mass is 16.3. The van der Waals surface area contributed by atoms with Crippen LogP contribution in [-0.4, -0.2) is 27.5 Å². The highest BCUT2D eigenvalue weighted by Crippen LogP contribution is 2.27. The van der Waals surface area contributed by atoms with Gasteiger partial charge in [-0.3, -0.25) is 4.68 Å². The zero-order chi connectivity index (χ0) is 14.5. The number of aryl methyl sites for hydroxylation is 1. The molecule has 0 radical (unpaired) electrons. The maximum absolute atomic E-state index is 9.07. The lowest BCUT2D eigenvalue weighted by atomic mass is 9.83. The predicted molar refractivity (Wildman–Crippen MR) is 81.7 cm³/mol. The fraction of sp³-hybridized carbons (Fsp3) is 0.812. The highest BCUT2D eigenvalue weighted by molar-refractivity contribution is 5.24. The Morgan fingerprint density at radius 3 is 2.75 bits per heavy atom. The number of rotatable bonds is 6. The molecule has 0 spiro atoms. The summed E-state index contributed by atoms with van der Waals surface area (Å²) in [4.78, 5) is 0. The van der Waals surface area contributed by atoms with E-state index in [4.69, 9.17) is 5.11 Å². The van der Waals surface area contributed by atoms with Gasteiger partial charge in [0.2, 0.25) is 0 Å². The molecule has 1 aliphatic carbocycles. The van der Waals surface area contributed by atoms with Crippen LogP contribution in [0.4, 0.5) is 0 Å². The third kappa shape index (κ3) is 3.41. The summed E-state index contributed by atoms with van der Waals surface area (Å²) in [5.41, 5.74) is 3.58. The molecule has 1 aromatic heterocycles. The van der Waals surface area contributed by atoms with E-state index in [2.05, 4.69) is 31.2 Å². The number of nitrogens with zero attached hydrogens (tertiary/aromatic N) is 2. The van der Waals surface area contributed by atoms with Crippen LogP contribution in [0.15, 0.2) is 0 Å². The Hall–Kier alpha value is -0.870. The fourth-order valence-corrected chi connectivity index (χ4v) is 3.50. The molecule has 4 heteroatoms. The Morgan fingerprint density at radius 2 is 2.05 bits per heavy atom. The molecule has 4 nitrogen and oxygen atoms in total. The lowest BCUT2D eigenvalue weighted by Crippen LogP contribution is -2.38. The summed E-state index contributed by atoms with van der Waals surface area (Å²) in [6.07, 6.45) is 6.70. The van der Waals surface area contributed by atoms with Crippen LogP contribution in [0.5, 0.6) is 0 Å². The van der Waals surface area contributed by atoms with Gasteiger partial charge in [-0.2, -0.15) is 5.10 Å². The van der Waals surface area contributed by atoms with Gasteiger partial charge in [-0.25, -0.2) is 0 Å². The molecular formula is C16H29N3O. The van der Waals surface area contributed by atoms with Gasteiger partial charge < -0.3 is 10.4 Å². The average Bonchev–Trinajstić information content (AvgIpc) is 2.72. The van der Waals surface area contributed by atoms with Crippen LogP contribution in [0.2, 0.25) is 0 Å². The summed E-state index contributed by atoms with van der Waals surface area (Å²) in [6.45, 7) is 8.12. The first-order valence-electron chi connectivity index (χ1n) is 8.04. The van der Waals surface area contributed by atoms with Crippen molar-refractivity contribution in [3.63, 3.8) is 0 Å². The minimum Gasteiger partial charge on any atom is -0.394 e. The first-order valence-corrected chi connectivity index (χ1v) is 8.04. The molecule has 0 amide bonds. The van der Waals surface area contributed by atoms with E-state index in [-0.39, 0.29) is 6.61 Å². The van der Waals surface area contributed by atoms with Gasteiger partial charge in [0, 0.05) is 23.8 Å². The molecule has 1 fully saturated rings. The van der Waals surface area contributed by atoms with E-state index in [9.17, 15) is 0 Å². The zero-order valence-corrected chi connectivity index (χ0v) is 13.2. The molecule has 114 valence electrons. The zero-order valence-electron chi connectivity index (χ0n) is 13.2. The fourth-order valence-electron chi connectivity index (χ4n) is 3.50. The van der Waals surface area contributed by atoms with Crippen molar-refractivity contribution in [3.8, 4) is 0 Å². The van der Waals surface area contributed by atoms with Gasteiger partial charge in [0.1, 0.15) is 0 Å². The van der Waals surface area contributed by atoms with E-state index >= 15 is 0 Å². The second kappa shape index (κ2) is 7.23. The topological polar surface area (TPSA) is 50.1 Å². The van der Waals surface area contributed by atoms with E-state index in [1.54, 1.807) is 0 Å². The first kappa shape index (κ1) is 15.5. The molecule has 2 N–H and O–H groups in total. The van der Waals surface area contributed by atoms with Crippen molar-refractivity contribution < 1.29 is 5.11 Å². The molecule has 2 rings (SSSR count). The minimum absolute atomic E-state index is 0.148. The Bertz CT molecular complexity index is 428. The lowest BCUT2D eigenvalue weighted by Gasteiger charge is -2.31. The van der Waals surface area contributed by atoms with Crippen LogP contribution in [0.3, 0.4) is 0 Å². The minimum atomic E-state index is 0.148. The van der Waals surface area contributed by atoms with Crippen molar-refractivity contribution in [3.05, 3.63) is 17.0 Å². The van der Waals surface area contributed by atoms with Gasteiger partial charge in [0.05, 0.1) is 18.8 Å². The molecule has 2 unspecified atom stereocenters. The number of aliphatic hydroxyl groups is 1. The normalized spacial score (nSPS) is 23.2. The van der Waals surface area contributed by atoms with E-state index in [1.807, 2.05) is 4.68 Å². The van der Waals surface area contributed by atoms with Crippen LogP contribution in [0, 0.1) is 19.8 Å². The summed E-state index contributed by atoms with van der Waals surface area (Å²) >= 11 is 0. The summed E-state index contributed by atoms with van der Waals surface area (Å²) in [5, 5.41) is 17.3. The van der Waals surface area contributed by atoms with Crippen molar-refractivity contribution in [2.24, 2.45) is 5.92 Å². The van der Waals surface area contributed by atoms with Crippen LogP contribution >= 0.6 is 0 Å². The number of hydrogen-bond donors (Lipinski definition) is 2. The van der Waals surface area contributed by atoms with Crippen molar-refractivity contribution >= 4 is 0 Å². The maximum Gasteiger partial charge on any atom is 0.0644 e. The predicted octanol–water partition coefficient (Wildman–Crippen LogP) is 2.55. The highest BCUT2D eigenvalue weighted by Gasteiger charge is 2.23. The van der Waals surface area contributed by atoms with Crippen LogP contribution in [0.25, 0.3) is 0 Å². The number of hydrogen-bond acceptors (Lipinski definition) is 3. The number of nitrogens with one attached hydrogen (secondary N) is 1. The summed E-state index contributed by atoms with van der Waals surface area (Å²) in [7, 11) is 0. The second-order valence-electron chi connectivity index (χ2n) is 6.04. The molecule has 20 heavy (non-hydrogen) atoms. The molecule has 1 aliphatic rings. The smallest absolute Gasteiger partial charge is 0.0644 e. The third-order valence-electron chi connectivity index (χ3n) is 4.82. The summed E-state index contributed by atoms with van der Waals surface area (Å²) < 4.78 is 1.92. The molecule has 0 aromatic carbocycles. The summed E-state index contributed by atoms with van der Waals surface area (Å²) in [6, 6.07) is 0.661. The van der Waals surface area contributed by atoms with E-state index in [1.165, 1.54) is 43.4 Å². The van der Waals surface area contributed by atoms with Crippen LogP contribution in [0.1, 0.15) is 56.0 Å². The van der Waals surface area contributed by atoms with Crippen molar-refractivity contribution in [2.45, 2.75) is 72.0 Å². The van der Waals surface area contributed by atoms with Gasteiger partial charge in [0.25, 0.3) is 0 Å². The molecule has 0 bridgehead atoms. The van der Waals surface area contributed by atoms with Gasteiger partial charge in [0.15, 0.2) is 0 Å². The van der Waals surface area contributed by atoms with Gasteiger partial charge in [-0.15, -0.1) is 0 Å². The first-order chi connectivity index (χ1) is 9.67. The van der Waals surface area contributed by atoms with Gasteiger partial charge >= 0.3 is 0 Å². The van der Waals surface area contributed by atoms with Gasteiger partial charge in [-0.1, -0.05) is 26.2 Å². The molecule has 0 aliphatic heterocycles. The second-order valence-corrected chi connectivity index (χ2v) is 6.04. The van der Waals surface area contributed by atoms with Crippen molar-refractivity contribution in [2.75, 3.05) is 6.61 Å².